The molecule has 3 atom stereocenters. The molecule has 1 aromatic carbocycles. The number of aliphatic hydroxyl groups excluding tert-OH is 1. The van der Waals surface area contributed by atoms with Crippen LogP contribution in [0.3, 0.4) is 0 Å². The molecular formula is C18H24FN3O2. The Morgan fingerprint density at radius 3 is 3.00 bits per heavy atom. The molecule has 2 aromatic rings. The van der Waals surface area contributed by atoms with Crippen molar-refractivity contribution in [2.75, 3.05) is 6.61 Å². The fraction of sp³-hybridized carbons (Fsp3) is 0.500. The first-order valence-electron chi connectivity index (χ1n) is 8.45. The molecule has 24 heavy (non-hydrogen) atoms. The molecule has 0 amide bonds. The molecule has 1 unspecified atom stereocenters. The van der Waals surface area contributed by atoms with Crippen molar-refractivity contribution in [3.63, 3.8) is 0 Å². The second kappa shape index (κ2) is 7.77. The molecule has 0 radical (unpaired) electrons. The number of nitrogens with one attached hydrogen (secondary N) is 1. The summed E-state index contributed by atoms with van der Waals surface area (Å²) in [6.07, 6.45) is 4.98. The molecule has 0 spiro atoms. The van der Waals surface area contributed by atoms with Crippen LogP contribution in [0.5, 0.6) is 5.75 Å². The standard InChI is InChI=1S/C18H24FN3O2/c1-2-24-18-5-4-13(8-15(18)19)11-20-16-9-14(10-17(16)23)12-22-7-3-6-21-22/h3-8,14,16-17,20,23H,2,9-12H2,1H3/t14?,16-,17-/m1/s1. The lowest BCUT2D eigenvalue weighted by Gasteiger charge is -2.17. The van der Waals surface area contributed by atoms with E-state index >= 15 is 0 Å². The minimum absolute atomic E-state index is 0.0280. The van der Waals surface area contributed by atoms with Gasteiger partial charge in [0, 0.05) is 31.5 Å². The second-order valence-corrected chi connectivity index (χ2v) is 6.32. The van der Waals surface area contributed by atoms with Gasteiger partial charge in [-0.15, -0.1) is 0 Å². The maximum Gasteiger partial charge on any atom is 0.165 e. The number of hydrogen-bond donors (Lipinski definition) is 2. The van der Waals surface area contributed by atoms with Crippen LogP contribution in [0.1, 0.15) is 25.3 Å². The van der Waals surface area contributed by atoms with Crippen LogP contribution in [0.15, 0.2) is 36.7 Å². The molecule has 1 heterocycles. The summed E-state index contributed by atoms with van der Waals surface area (Å²) in [6.45, 7) is 3.62. The van der Waals surface area contributed by atoms with Gasteiger partial charge in [-0.05, 0) is 49.4 Å². The third kappa shape index (κ3) is 4.13. The first kappa shape index (κ1) is 16.9. The highest BCUT2D eigenvalue weighted by atomic mass is 19.1. The van der Waals surface area contributed by atoms with E-state index in [2.05, 4.69) is 10.4 Å². The highest BCUT2D eigenvalue weighted by molar-refractivity contribution is 5.29. The predicted molar refractivity (Wildman–Crippen MR) is 89.2 cm³/mol. The van der Waals surface area contributed by atoms with Crippen LogP contribution in [0.4, 0.5) is 4.39 Å². The maximum absolute atomic E-state index is 13.9. The molecule has 0 saturated heterocycles. The lowest BCUT2D eigenvalue weighted by atomic mass is 10.1. The monoisotopic (exact) mass is 333 g/mol. The van der Waals surface area contributed by atoms with Crippen LogP contribution in [-0.2, 0) is 13.1 Å². The van der Waals surface area contributed by atoms with Gasteiger partial charge in [-0.25, -0.2) is 4.39 Å². The minimum atomic E-state index is -0.377. The molecule has 5 nitrogen and oxygen atoms in total. The lowest BCUT2D eigenvalue weighted by Crippen LogP contribution is -2.35. The third-order valence-electron chi connectivity index (χ3n) is 4.50. The molecule has 1 aliphatic rings. The summed E-state index contributed by atoms with van der Waals surface area (Å²) >= 11 is 0. The van der Waals surface area contributed by atoms with Gasteiger partial charge in [0.1, 0.15) is 0 Å². The summed E-state index contributed by atoms with van der Waals surface area (Å²) in [7, 11) is 0. The first-order chi connectivity index (χ1) is 11.7. The average Bonchev–Trinajstić information content (AvgIpc) is 3.18. The largest absolute Gasteiger partial charge is 0.491 e. The summed E-state index contributed by atoms with van der Waals surface area (Å²) in [4.78, 5) is 0. The topological polar surface area (TPSA) is 59.3 Å². The van der Waals surface area contributed by atoms with Gasteiger partial charge in [-0.2, -0.15) is 5.10 Å². The van der Waals surface area contributed by atoms with E-state index in [1.165, 1.54) is 6.07 Å². The second-order valence-electron chi connectivity index (χ2n) is 6.32. The van der Waals surface area contributed by atoms with E-state index in [1.807, 2.05) is 29.9 Å². The SMILES string of the molecule is CCOc1ccc(CN[C@@H]2CC(Cn3cccn3)C[C@H]2O)cc1F. The van der Waals surface area contributed by atoms with Gasteiger partial charge in [-0.1, -0.05) is 6.07 Å². The number of aliphatic hydroxyl groups is 1. The summed E-state index contributed by atoms with van der Waals surface area (Å²) in [5.74, 6) is 0.329. The molecule has 0 bridgehead atoms. The zero-order valence-electron chi connectivity index (χ0n) is 13.9. The van der Waals surface area contributed by atoms with Crippen molar-refractivity contribution in [3.8, 4) is 5.75 Å². The Kier molecular flexibility index (Phi) is 5.48. The Bertz CT molecular complexity index is 648. The van der Waals surface area contributed by atoms with Crippen LogP contribution < -0.4 is 10.1 Å². The number of ether oxygens (including phenoxy) is 1. The summed E-state index contributed by atoms with van der Waals surface area (Å²) in [6, 6.07) is 6.92. The molecule has 1 aromatic heterocycles. The Labute approximate surface area is 141 Å². The van der Waals surface area contributed by atoms with E-state index in [0.717, 1.165) is 24.9 Å². The van der Waals surface area contributed by atoms with E-state index in [1.54, 1.807) is 12.3 Å². The van der Waals surface area contributed by atoms with E-state index < -0.39 is 0 Å². The van der Waals surface area contributed by atoms with E-state index in [-0.39, 0.29) is 23.7 Å². The molecule has 1 saturated carbocycles. The smallest absolute Gasteiger partial charge is 0.165 e. The molecule has 3 rings (SSSR count). The Morgan fingerprint density at radius 2 is 2.29 bits per heavy atom. The summed E-state index contributed by atoms with van der Waals surface area (Å²) in [5.41, 5.74) is 0.846. The van der Waals surface area contributed by atoms with Gasteiger partial charge in [0.15, 0.2) is 11.6 Å². The van der Waals surface area contributed by atoms with Crippen molar-refractivity contribution in [3.05, 3.63) is 48.0 Å². The van der Waals surface area contributed by atoms with Crippen LogP contribution in [0.25, 0.3) is 0 Å². The van der Waals surface area contributed by atoms with Crippen molar-refractivity contribution in [1.82, 2.24) is 15.1 Å². The molecule has 6 heteroatoms. The average molecular weight is 333 g/mol. The fourth-order valence-corrected chi connectivity index (χ4v) is 3.34. The van der Waals surface area contributed by atoms with Crippen molar-refractivity contribution in [2.45, 2.75) is 45.0 Å². The first-order valence-corrected chi connectivity index (χ1v) is 8.45. The van der Waals surface area contributed by atoms with E-state index in [0.29, 0.717) is 19.1 Å². The lowest BCUT2D eigenvalue weighted by molar-refractivity contribution is 0.145. The third-order valence-corrected chi connectivity index (χ3v) is 4.50. The number of nitrogens with zero attached hydrogens (tertiary/aromatic N) is 2. The van der Waals surface area contributed by atoms with Gasteiger partial charge in [-0.3, -0.25) is 4.68 Å². The van der Waals surface area contributed by atoms with E-state index in [4.69, 9.17) is 4.74 Å². The molecular weight excluding hydrogens is 309 g/mol. The summed E-state index contributed by atoms with van der Waals surface area (Å²) < 4.78 is 21.0. The van der Waals surface area contributed by atoms with E-state index in [9.17, 15) is 9.50 Å². The zero-order chi connectivity index (χ0) is 16.9. The predicted octanol–water partition coefficient (Wildman–Crippen LogP) is 2.35. The number of halogens is 1. The number of aromatic nitrogens is 2. The van der Waals surface area contributed by atoms with Crippen molar-refractivity contribution in [2.24, 2.45) is 5.92 Å². The zero-order valence-corrected chi connectivity index (χ0v) is 13.9. The highest BCUT2D eigenvalue weighted by Crippen LogP contribution is 2.28. The Morgan fingerprint density at radius 1 is 1.42 bits per heavy atom. The highest BCUT2D eigenvalue weighted by Gasteiger charge is 2.32. The quantitative estimate of drug-likeness (QED) is 0.817. The Balaban J connectivity index is 1.52. The number of hydrogen-bond acceptors (Lipinski definition) is 4. The fourth-order valence-electron chi connectivity index (χ4n) is 3.34. The van der Waals surface area contributed by atoms with Crippen molar-refractivity contribution < 1.29 is 14.2 Å². The summed E-state index contributed by atoms with van der Waals surface area (Å²) in [5, 5.41) is 17.8. The minimum Gasteiger partial charge on any atom is -0.491 e. The van der Waals surface area contributed by atoms with Crippen LogP contribution in [-0.4, -0.2) is 33.6 Å². The van der Waals surface area contributed by atoms with Crippen LogP contribution in [0, 0.1) is 11.7 Å². The molecule has 2 N–H and O–H groups in total. The van der Waals surface area contributed by atoms with Crippen molar-refractivity contribution in [1.29, 1.82) is 0 Å². The van der Waals surface area contributed by atoms with Crippen LogP contribution >= 0.6 is 0 Å². The molecule has 130 valence electrons. The number of rotatable bonds is 7. The van der Waals surface area contributed by atoms with Gasteiger partial charge >= 0.3 is 0 Å². The van der Waals surface area contributed by atoms with Gasteiger partial charge < -0.3 is 15.2 Å². The Hall–Kier alpha value is -1.92. The van der Waals surface area contributed by atoms with Crippen molar-refractivity contribution >= 4 is 0 Å². The molecule has 0 aliphatic heterocycles. The molecule has 1 aliphatic carbocycles. The van der Waals surface area contributed by atoms with Gasteiger partial charge in [0.25, 0.3) is 0 Å². The maximum atomic E-state index is 13.9. The van der Waals surface area contributed by atoms with Crippen LogP contribution in [0.2, 0.25) is 0 Å². The number of benzene rings is 1. The molecule has 1 fully saturated rings. The normalized spacial score (nSPS) is 23.5. The van der Waals surface area contributed by atoms with Gasteiger partial charge in [0.05, 0.1) is 12.7 Å². The van der Waals surface area contributed by atoms with Gasteiger partial charge in [0.2, 0.25) is 0 Å².